The van der Waals surface area contributed by atoms with E-state index in [1.54, 1.807) is 24.3 Å². The summed E-state index contributed by atoms with van der Waals surface area (Å²) >= 11 is 0. The zero-order valence-electron chi connectivity index (χ0n) is 5.06. The third-order valence-corrected chi connectivity index (χ3v) is 1.05. The van der Waals surface area contributed by atoms with Gasteiger partial charge in [0.25, 0.3) is 0 Å². The van der Waals surface area contributed by atoms with Crippen LogP contribution < -0.4 is 5.11 Å². The minimum absolute atomic E-state index is 0.429. The van der Waals surface area contributed by atoms with Crippen molar-refractivity contribution in [1.29, 1.82) is 0 Å². The van der Waals surface area contributed by atoms with Gasteiger partial charge in [0.05, 0.1) is 0 Å². The van der Waals surface area contributed by atoms with Crippen LogP contribution in [0.15, 0.2) is 40.9 Å². The van der Waals surface area contributed by atoms with E-state index in [1.165, 1.54) is 0 Å². The Labute approximate surface area is 57.4 Å². The third kappa shape index (κ3) is 1.18. The molecule has 0 saturated carbocycles. The van der Waals surface area contributed by atoms with Crippen molar-refractivity contribution in [2.75, 3.05) is 0 Å². The quantitative estimate of drug-likeness (QED) is 0.228. The van der Waals surface area contributed by atoms with Crippen LogP contribution in [0.5, 0.6) is 0 Å². The van der Waals surface area contributed by atoms with Crippen LogP contribution in [0.2, 0.25) is 0 Å². The molecular weight excluding hydrogens is 130 g/mol. The predicted octanol–water partition coefficient (Wildman–Crippen LogP) is 0.995. The topological polar surface area (TPSA) is 71.8 Å². The smallest absolute Gasteiger partial charge is 0.00415 e. The first-order valence-electron chi connectivity index (χ1n) is 2.66. The van der Waals surface area contributed by atoms with E-state index in [4.69, 9.17) is 5.53 Å². The van der Waals surface area contributed by atoms with Gasteiger partial charge in [0, 0.05) is 4.91 Å². The van der Waals surface area contributed by atoms with E-state index in [9.17, 15) is 5.11 Å². The molecule has 0 heterocycles. The molecule has 0 aliphatic heterocycles. The van der Waals surface area contributed by atoms with Crippen molar-refractivity contribution >= 4 is 0 Å². The van der Waals surface area contributed by atoms with Gasteiger partial charge in [0.1, 0.15) is 0 Å². The van der Waals surface area contributed by atoms with Crippen molar-refractivity contribution in [1.82, 2.24) is 0 Å². The highest BCUT2D eigenvalue weighted by molar-refractivity contribution is 5.40. The lowest BCUT2D eigenvalue weighted by atomic mass is 10.3. The summed E-state index contributed by atoms with van der Waals surface area (Å²) in [6.45, 7) is 0. The molecule has 0 saturated heterocycles. The molecule has 1 aliphatic rings. The maximum atomic E-state index is 10.7. The van der Waals surface area contributed by atoms with Crippen LogP contribution in [0.1, 0.15) is 0 Å². The van der Waals surface area contributed by atoms with Crippen LogP contribution >= 0.6 is 0 Å². The van der Waals surface area contributed by atoms with Crippen LogP contribution in [0, 0.1) is 0 Å². The number of rotatable bonds is 1. The molecule has 0 N–H and O–H groups in total. The minimum Gasteiger partial charge on any atom is -0.871 e. The molecule has 0 fully saturated rings. The van der Waals surface area contributed by atoms with Crippen molar-refractivity contribution in [3.8, 4) is 0 Å². The van der Waals surface area contributed by atoms with E-state index in [-0.39, 0.29) is 0 Å². The largest absolute Gasteiger partial charge is 0.871 e. The lowest BCUT2D eigenvalue weighted by molar-refractivity contribution is -0.305. The number of hydrogen-bond donors (Lipinski definition) is 0. The first kappa shape index (κ1) is 6.45. The zero-order chi connectivity index (χ0) is 7.40. The van der Waals surface area contributed by atoms with Crippen molar-refractivity contribution in [3.05, 3.63) is 46.2 Å². The summed E-state index contributed by atoms with van der Waals surface area (Å²) in [7, 11) is 0. The van der Waals surface area contributed by atoms with E-state index in [1.807, 2.05) is 0 Å². The zero-order valence-corrected chi connectivity index (χ0v) is 5.06. The molecule has 4 nitrogen and oxygen atoms in total. The normalized spacial score (nSPS) is 13.4. The molecule has 4 heteroatoms. The number of azide groups is 1. The maximum Gasteiger partial charge on any atom is 0.00415 e. The standard InChI is InChI=1S/C6H5N3O/c7-9-8-6(10)5-3-1-2-4-5/h1-4,10H/p-1. The van der Waals surface area contributed by atoms with Crippen LogP contribution in [0.25, 0.3) is 10.4 Å². The highest BCUT2D eigenvalue weighted by Gasteiger charge is 1.90. The summed E-state index contributed by atoms with van der Waals surface area (Å²) < 4.78 is 0. The Morgan fingerprint density at radius 1 is 1.50 bits per heavy atom. The average molecular weight is 134 g/mol. The molecule has 0 aromatic heterocycles. The summed E-state index contributed by atoms with van der Waals surface area (Å²) in [5.41, 5.74) is 8.30. The van der Waals surface area contributed by atoms with Gasteiger partial charge in [-0.05, 0) is 17.0 Å². The Balaban J connectivity index is 2.95. The van der Waals surface area contributed by atoms with Gasteiger partial charge in [-0.3, -0.25) is 0 Å². The Hall–Kier alpha value is -1.67. The highest BCUT2D eigenvalue weighted by atomic mass is 16.3. The fourth-order valence-corrected chi connectivity index (χ4v) is 0.615. The van der Waals surface area contributed by atoms with Crippen molar-refractivity contribution < 1.29 is 5.11 Å². The lowest BCUT2D eigenvalue weighted by Crippen LogP contribution is -2.01. The third-order valence-electron chi connectivity index (χ3n) is 1.05. The summed E-state index contributed by atoms with van der Waals surface area (Å²) in [6, 6.07) is 0. The molecule has 0 aromatic rings. The molecule has 0 amide bonds. The lowest BCUT2D eigenvalue weighted by Gasteiger charge is -2.04. The first-order valence-corrected chi connectivity index (χ1v) is 2.66. The van der Waals surface area contributed by atoms with Gasteiger partial charge in [-0.25, -0.2) is 0 Å². The van der Waals surface area contributed by atoms with E-state index in [2.05, 4.69) is 10.0 Å². The molecule has 0 aromatic carbocycles. The molecule has 0 spiro atoms. The van der Waals surface area contributed by atoms with Gasteiger partial charge in [-0.15, -0.1) is 0 Å². The highest BCUT2D eigenvalue weighted by Crippen LogP contribution is 2.09. The number of nitrogens with zero attached hydrogens (tertiary/aromatic N) is 3. The Morgan fingerprint density at radius 3 is 2.60 bits per heavy atom. The second-order valence-electron chi connectivity index (χ2n) is 1.67. The van der Waals surface area contributed by atoms with Crippen molar-refractivity contribution in [2.45, 2.75) is 0 Å². The van der Waals surface area contributed by atoms with Crippen LogP contribution in [-0.4, -0.2) is 0 Å². The number of hydrogen-bond acceptors (Lipinski definition) is 2. The minimum atomic E-state index is -0.535. The van der Waals surface area contributed by atoms with Gasteiger partial charge >= 0.3 is 0 Å². The van der Waals surface area contributed by atoms with E-state index >= 15 is 0 Å². The molecular formula is C6H4N3O-. The molecule has 0 unspecified atom stereocenters. The number of allylic oxidation sites excluding steroid dienone is 5. The Morgan fingerprint density at radius 2 is 2.10 bits per heavy atom. The molecule has 0 atom stereocenters. The summed E-state index contributed by atoms with van der Waals surface area (Å²) in [5, 5.41) is 13.6. The van der Waals surface area contributed by atoms with Gasteiger partial charge < -0.3 is 5.11 Å². The van der Waals surface area contributed by atoms with Crippen molar-refractivity contribution in [2.24, 2.45) is 5.11 Å². The van der Waals surface area contributed by atoms with E-state index < -0.39 is 5.88 Å². The predicted molar refractivity (Wildman–Crippen MR) is 34.5 cm³/mol. The van der Waals surface area contributed by atoms with E-state index in [0.29, 0.717) is 5.57 Å². The summed E-state index contributed by atoms with van der Waals surface area (Å²) in [6.07, 6.45) is 6.61. The van der Waals surface area contributed by atoms with Gasteiger partial charge in [-0.1, -0.05) is 29.4 Å². The van der Waals surface area contributed by atoms with Gasteiger partial charge in [0.2, 0.25) is 0 Å². The van der Waals surface area contributed by atoms with Crippen LogP contribution in [0.3, 0.4) is 0 Å². The second-order valence-corrected chi connectivity index (χ2v) is 1.67. The summed E-state index contributed by atoms with van der Waals surface area (Å²) in [4.78, 5) is 2.37. The molecule has 0 radical (unpaired) electrons. The summed E-state index contributed by atoms with van der Waals surface area (Å²) in [5.74, 6) is -0.535. The van der Waals surface area contributed by atoms with Crippen LogP contribution in [0.4, 0.5) is 0 Å². The second kappa shape index (κ2) is 2.75. The van der Waals surface area contributed by atoms with Crippen molar-refractivity contribution in [3.63, 3.8) is 0 Å². The SMILES string of the molecule is [N-]=[N+]=NC([O-])=C1C=CC=C1. The Kier molecular flexibility index (Phi) is 1.78. The first-order chi connectivity index (χ1) is 4.84. The fraction of sp³-hybridized carbons (Fsp3) is 0. The van der Waals surface area contributed by atoms with Gasteiger partial charge in [-0.2, -0.15) is 0 Å². The van der Waals surface area contributed by atoms with Gasteiger partial charge in [0.15, 0.2) is 0 Å². The molecule has 0 bridgehead atoms. The molecule has 1 rings (SSSR count). The molecule has 50 valence electrons. The molecule has 10 heavy (non-hydrogen) atoms. The average Bonchev–Trinajstić information content (AvgIpc) is 2.38. The monoisotopic (exact) mass is 134 g/mol. The fourth-order valence-electron chi connectivity index (χ4n) is 0.615. The Bertz CT molecular complexity index is 255. The maximum absolute atomic E-state index is 10.7. The van der Waals surface area contributed by atoms with Crippen LogP contribution in [-0.2, 0) is 0 Å². The van der Waals surface area contributed by atoms with E-state index in [0.717, 1.165) is 0 Å². The molecule has 1 aliphatic carbocycles.